The summed E-state index contributed by atoms with van der Waals surface area (Å²) in [5, 5.41) is 21.4. The molecule has 4 rings (SSSR count). The molecule has 0 amide bonds. The zero-order chi connectivity index (χ0) is 18.5. The predicted octanol–water partition coefficient (Wildman–Crippen LogP) is 2.56. The van der Waals surface area contributed by atoms with E-state index in [1.807, 2.05) is 30.3 Å². The summed E-state index contributed by atoms with van der Waals surface area (Å²) in [4.78, 5) is 11.7. The quantitative estimate of drug-likeness (QED) is 0.736. The second-order valence-electron chi connectivity index (χ2n) is 6.09. The third kappa shape index (κ3) is 2.59. The third-order valence-corrected chi connectivity index (χ3v) is 5.44. The molecule has 0 spiro atoms. The first-order valence-electron chi connectivity index (χ1n) is 7.90. The third-order valence-electron chi connectivity index (χ3n) is 4.48. The SMILES string of the molecule is NS(=O)(=O)C1=CCC(n2nc(C(=O)O)c3ccc4ccccc4c32)C=C1. The van der Waals surface area contributed by atoms with Crippen molar-refractivity contribution >= 4 is 37.7 Å². The number of carbonyl (C=O) groups is 1. The van der Waals surface area contributed by atoms with Crippen LogP contribution in [-0.2, 0) is 10.0 Å². The van der Waals surface area contributed by atoms with Gasteiger partial charge >= 0.3 is 5.97 Å². The van der Waals surface area contributed by atoms with Gasteiger partial charge in [0.05, 0.1) is 16.5 Å². The van der Waals surface area contributed by atoms with E-state index in [-0.39, 0.29) is 16.6 Å². The highest BCUT2D eigenvalue weighted by Gasteiger charge is 2.23. The maximum absolute atomic E-state index is 11.6. The van der Waals surface area contributed by atoms with Gasteiger partial charge in [0.15, 0.2) is 5.69 Å². The monoisotopic (exact) mass is 369 g/mol. The number of benzene rings is 2. The molecule has 1 aromatic heterocycles. The molecule has 0 bridgehead atoms. The molecule has 0 radical (unpaired) electrons. The number of carboxylic acids is 1. The molecule has 8 heteroatoms. The highest BCUT2D eigenvalue weighted by atomic mass is 32.2. The first kappa shape index (κ1) is 16.5. The van der Waals surface area contributed by atoms with E-state index in [1.165, 1.54) is 12.2 Å². The van der Waals surface area contributed by atoms with Crippen molar-refractivity contribution in [2.45, 2.75) is 12.5 Å². The Labute approximate surface area is 149 Å². The lowest BCUT2D eigenvalue weighted by atomic mass is 10.0. The minimum atomic E-state index is -3.77. The Bertz CT molecular complexity index is 1220. The number of hydrogen-bond donors (Lipinski definition) is 2. The highest BCUT2D eigenvalue weighted by molar-refractivity contribution is 7.93. The average molecular weight is 369 g/mol. The number of aromatic carboxylic acids is 1. The number of fused-ring (bicyclic) bond motifs is 3. The average Bonchev–Trinajstić information content (AvgIpc) is 3.01. The van der Waals surface area contributed by atoms with Crippen LogP contribution in [0.4, 0.5) is 0 Å². The Morgan fingerprint density at radius 3 is 2.62 bits per heavy atom. The molecule has 0 fully saturated rings. The summed E-state index contributed by atoms with van der Waals surface area (Å²) >= 11 is 0. The van der Waals surface area contributed by atoms with E-state index in [0.717, 1.165) is 10.8 Å². The van der Waals surface area contributed by atoms with Gasteiger partial charge in [-0.1, -0.05) is 42.5 Å². The van der Waals surface area contributed by atoms with Gasteiger partial charge in [-0.15, -0.1) is 0 Å². The van der Waals surface area contributed by atoms with Crippen LogP contribution in [0.3, 0.4) is 0 Å². The first-order chi connectivity index (χ1) is 12.4. The molecule has 1 aliphatic carbocycles. The van der Waals surface area contributed by atoms with Crippen LogP contribution >= 0.6 is 0 Å². The molecule has 1 unspecified atom stereocenters. The van der Waals surface area contributed by atoms with E-state index >= 15 is 0 Å². The molecule has 1 heterocycles. The lowest BCUT2D eigenvalue weighted by molar-refractivity contribution is 0.0691. The van der Waals surface area contributed by atoms with Crippen LogP contribution in [0.15, 0.2) is 59.5 Å². The lowest BCUT2D eigenvalue weighted by Crippen LogP contribution is -2.17. The fourth-order valence-corrected chi connectivity index (χ4v) is 3.88. The summed E-state index contributed by atoms with van der Waals surface area (Å²) in [6, 6.07) is 11.0. The molecule has 1 atom stereocenters. The van der Waals surface area contributed by atoms with Gasteiger partial charge in [-0.05, 0) is 23.9 Å². The molecule has 0 saturated heterocycles. The van der Waals surface area contributed by atoms with Crippen LogP contribution in [0, 0.1) is 0 Å². The molecule has 0 saturated carbocycles. The van der Waals surface area contributed by atoms with E-state index in [9.17, 15) is 18.3 Å². The summed E-state index contributed by atoms with van der Waals surface area (Å²) in [5.74, 6) is -1.11. The van der Waals surface area contributed by atoms with E-state index in [0.29, 0.717) is 17.3 Å². The lowest BCUT2D eigenvalue weighted by Gasteiger charge is -2.17. The number of primary sulfonamides is 1. The largest absolute Gasteiger partial charge is 0.476 e. The number of carboxylic acid groups (broad SMARTS) is 1. The highest BCUT2D eigenvalue weighted by Crippen LogP contribution is 2.32. The Morgan fingerprint density at radius 1 is 1.19 bits per heavy atom. The molecule has 2 aromatic carbocycles. The number of nitrogens with two attached hydrogens (primary N) is 1. The smallest absolute Gasteiger partial charge is 0.357 e. The van der Waals surface area contributed by atoms with Gasteiger partial charge in [-0.25, -0.2) is 18.4 Å². The topological polar surface area (TPSA) is 115 Å². The van der Waals surface area contributed by atoms with Crippen molar-refractivity contribution in [2.75, 3.05) is 0 Å². The summed E-state index contributed by atoms with van der Waals surface area (Å²) < 4.78 is 24.6. The van der Waals surface area contributed by atoms with Crippen molar-refractivity contribution in [3.8, 4) is 0 Å². The predicted molar refractivity (Wildman–Crippen MR) is 98.2 cm³/mol. The number of rotatable bonds is 3. The Hall–Kier alpha value is -2.97. The van der Waals surface area contributed by atoms with Crippen molar-refractivity contribution < 1.29 is 18.3 Å². The van der Waals surface area contributed by atoms with Gasteiger partial charge in [0.25, 0.3) is 0 Å². The van der Waals surface area contributed by atoms with Crippen molar-refractivity contribution in [3.05, 3.63) is 65.2 Å². The van der Waals surface area contributed by atoms with Crippen molar-refractivity contribution in [1.82, 2.24) is 9.78 Å². The molecular formula is C18H15N3O4S. The van der Waals surface area contributed by atoms with E-state index in [4.69, 9.17) is 5.14 Å². The van der Waals surface area contributed by atoms with Gasteiger partial charge < -0.3 is 5.11 Å². The van der Waals surface area contributed by atoms with Crippen LogP contribution in [0.2, 0.25) is 0 Å². The summed E-state index contributed by atoms with van der Waals surface area (Å²) in [6.07, 6.45) is 4.99. The second-order valence-corrected chi connectivity index (χ2v) is 7.66. The van der Waals surface area contributed by atoms with Gasteiger partial charge in [0, 0.05) is 10.8 Å². The van der Waals surface area contributed by atoms with Gasteiger partial charge in [0.1, 0.15) is 0 Å². The maximum atomic E-state index is 11.6. The zero-order valence-electron chi connectivity index (χ0n) is 13.5. The second kappa shape index (κ2) is 5.79. The molecule has 132 valence electrons. The van der Waals surface area contributed by atoms with Crippen LogP contribution in [0.1, 0.15) is 23.0 Å². The summed E-state index contributed by atoms with van der Waals surface area (Å²) in [5.41, 5.74) is 0.683. The van der Waals surface area contributed by atoms with Crippen LogP contribution in [0.25, 0.3) is 21.7 Å². The standard InChI is InChI=1S/C18H15N3O4S/c19-26(24,25)13-8-6-12(7-9-13)21-17-14-4-2-1-3-11(14)5-10-15(17)16(20-21)18(22)23/h1-6,8-10,12H,7H2,(H,22,23)(H2,19,24,25). The first-order valence-corrected chi connectivity index (χ1v) is 9.45. The minimum absolute atomic E-state index is 0.0274. The van der Waals surface area contributed by atoms with Gasteiger partial charge in [-0.2, -0.15) is 5.10 Å². The number of hydrogen-bond acceptors (Lipinski definition) is 4. The molecule has 7 nitrogen and oxygen atoms in total. The molecule has 26 heavy (non-hydrogen) atoms. The van der Waals surface area contributed by atoms with Crippen molar-refractivity contribution in [1.29, 1.82) is 0 Å². The van der Waals surface area contributed by atoms with Crippen LogP contribution < -0.4 is 5.14 Å². The number of nitrogens with zero attached hydrogens (tertiary/aromatic N) is 2. The van der Waals surface area contributed by atoms with E-state index in [1.54, 1.807) is 16.8 Å². The molecule has 3 aromatic rings. The Morgan fingerprint density at radius 2 is 1.96 bits per heavy atom. The fourth-order valence-electron chi connectivity index (χ4n) is 3.28. The normalized spacial score (nSPS) is 17.6. The number of aromatic nitrogens is 2. The Balaban J connectivity index is 1.93. The summed E-state index contributed by atoms with van der Waals surface area (Å²) in [7, 11) is -3.77. The number of sulfonamides is 1. The van der Waals surface area contributed by atoms with Gasteiger partial charge in [-0.3, -0.25) is 4.68 Å². The van der Waals surface area contributed by atoms with E-state index in [2.05, 4.69) is 5.10 Å². The van der Waals surface area contributed by atoms with Gasteiger partial charge in [0.2, 0.25) is 10.0 Å². The molecule has 3 N–H and O–H groups in total. The van der Waals surface area contributed by atoms with Crippen molar-refractivity contribution in [3.63, 3.8) is 0 Å². The van der Waals surface area contributed by atoms with E-state index < -0.39 is 16.0 Å². The number of allylic oxidation sites excluding steroid dienone is 3. The molecule has 1 aliphatic rings. The van der Waals surface area contributed by atoms with Crippen LogP contribution in [0.5, 0.6) is 0 Å². The zero-order valence-corrected chi connectivity index (χ0v) is 14.3. The van der Waals surface area contributed by atoms with Crippen LogP contribution in [-0.4, -0.2) is 29.3 Å². The maximum Gasteiger partial charge on any atom is 0.357 e. The molecule has 0 aliphatic heterocycles. The van der Waals surface area contributed by atoms with Crippen molar-refractivity contribution in [2.24, 2.45) is 5.14 Å². The minimum Gasteiger partial charge on any atom is -0.476 e. The Kier molecular flexibility index (Phi) is 3.67. The molecular weight excluding hydrogens is 354 g/mol. The summed E-state index contributed by atoms with van der Waals surface area (Å²) in [6.45, 7) is 0. The fraction of sp³-hybridized carbons (Fsp3) is 0.111.